The minimum absolute atomic E-state index is 0.375. The van der Waals surface area contributed by atoms with Crippen molar-refractivity contribution in [2.45, 2.75) is 12.5 Å². The van der Waals surface area contributed by atoms with Crippen molar-refractivity contribution in [2.24, 2.45) is 0 Å². The fourth-order valence-corrected chi connectivity index (χ4v) is 2.63. The highest BCUT2D eigenvalue weighted by Crippen LogP contribution is 2.29. The van der Waals surface area contributed by atoms with Gasteiger partial charge in [-0.2, -0.15) is 5.26 Å². The van der Waals surface area contributed by atoms with E-state index in [1.807, 2.05) is 24.3 Å². The zero-order valence-electron chi connectivity index (χ0n) is 13.4. The van der Waals surface area contributed by atoms with Gasteiger partial charge in [0.25, 0.3) is 0 Å². The van der Waals surface area contributed by atoms with Crippen LogP contribution in [0.4, 0.5) is 11.6 Å². The molecule has 0 amide bonds. The number of nitriles is 1. The largest absolute Gasteiger partial charge is 0.379 e. The van der Waals surface area contributed by atoms with Crippen LogP contribution in [-0.2, 0) is 5.60 Å². The number of rotatable bonds is 4. The molecule has 0 aliphatic rings. The van der Waals surface area contributed by atoms with Crippen molar-refractivity contribution in [1.82, 2.24) is 9.97 Å². The molecule has 1 atom stereocenters. The second kappa shape index (κ2) is 7.01. The number of halogens is 1. The number of nitrogens with one attached hydrogen (secondary N) is 1. The topological polar surface area (TPSA) is 81.8 Å². The molecule has 2 aromatic carbocycles. The minimum Gasteiger partial charge on any atom is -0.379 e. The van der Waals surface area contributed by atoms with Gasteiger partial charge in [0, 0.05) is 16.4 Å². The normalized spacial score (nSPS) is 12.9. The van der Waals surface area contributed by atoms with Crippen molar-refractivity contribution in [3.8, 4) is 6.07 Å². The Labute approximate surface area is 154 Å². The number of hydrogen-bond acceptors (Lipinski definition) is 5. The Morgan fingerprint density at radius 1 is 1.08 bits per heavy atom. The van der Waals surface area contributed by atoms with E-state index < -0.39 is 5.60 Å². The molecule has 0 saturated carbocycles. The Balaban J connectivity index is 1.87. The van der Waals surface area contributed by atoms with Gasteiger partial charge in [-0.3, -0.25) is 0 Å². The lowest BCUT2D eigenvalue weighted by Gasteiger charge is -2.23. The van der Waals surface area contributed by atoms with Crippen molar-refractivity contribution in [1.29, 1.82) is 5.26 Å². The number of benzene rings is 2. The SMILES string of the molecule is CC(O)(c1ccc(Br)cc1)c1ccnc(Nc2ccc(C#N)cc2)n1. The van der Waals surface area contributed by atoms with Crippen LogP contribution < -0.4 is 5.32 Å². The van der Waals surface area contributed by atoms with Crippen LogP contribution in [0.3, 0.4) is 0 Å². The first-order chi connectivity index (χ1) is 12.0. The summed E-state index contributed by atoms with van der Waals surface area (Å²) >= 11 is 3.39. The third-order valence-electron chi connectivity index (χ3n) is 3.83. The van der Waals surface area contributed by atoms with Gasteiger partial charge < -0.3 is 10.4 Å². The van der Waals surface area contributed by atoms with E-state index in [1.165, 1.54) is 0 Å². The predicted molar refractivity (Wildman–Crippen MR) is 99.3 cm³/mol. The summed E-state index contributed by atoms with van der Waals surface area (Å²) in [6.07, 6.45) is 1.60. The van der Waals surface area contributed by atoms with Crippen molar-refractivity contribution in [2.75, 3.05) is 5.32 Å². The van der Waals surface area contributed by atoms with Gasteiger partial charge in [-0.25, -0.2) is 9.97 Å². The summed E-state index contributed by atoms with van der Waals surface area (Å²) in [6.45, 7) is 1.70. The van der Waals surface area contributed by atoms with Crippen LogP contribution in [0.15, 0.2) is 65.3 Å². The second-order valence-electron chi connectivity index (χ2n) is 5.66. The van der Waals surface area contributed by atoms with Crippen LogP contribution in [-0.4, -0.2) is 15.1 Å². The molecule has 0 bridgehead atoms. The molecule has 0 fully saturated rings. The first-order valence-corrected chi connectivity index (χ1v) is 8.37. The lowest BCUT2D eigenvalue weighted by molar-refractivity contribution is 0.0974. The molecule has 6 heteroatoms. The molecule has 1 unspecified atom stereocenters. The van der Waals surface area contributed by atoms with Gasteiger partial charge in [0.2, 0.25) is 5.95 Å². The summed E-state index contributed by atoms with van der Waals surface area (Å²) in [5.74, 6) is 0.375. The van der Waals surface area contributed by atoms with E-state index in [2.05, 4.69) is 37.3 Å². The standard InChI is InChI=1S/C19H15BrN4O/c1-19(25,14-4-6-15(20)7-5-14)17-10-11-22-18(24-17)23-16-8-2-13(12-21)3-9-16/h2-11,25H,1H3,(H,22,23,24). The van der Waals surface area contributed by atoms with E-state index in [0.29, 0.717) is 17.2 Å². The number of aliphatic hydroxyl groups is 1. The van der Waals surface area contributed by atoms with Crippen LogP contribution in [0, 0.1) is 11.3 Å². The van der Waals surface area contributed by atoms with Crippen molar-refractivity contribution in [3.05, 3.63) is 82.1 Å². The van der Waals surface area contributed by atoms with Gasteiger partial charge in [0.15, 0.2) is 0 Å². The molecule has 0 aliphatic carbocycles. The maximum absolute atomic E-state index is 10.9. The fourth-order valence-electron chi connectivity index (χ4n) is 2.37. The highest BCUT2D eigenvalue weighted by Gasteiger charge is 2.27. The molecule has 2 N–H and O–H groups in total. The molecule has 0 spiro atoms. The fraction of sp³-hybridized carbons (Fsp3) is 0.105. The maximum Gasteiger partial charge on any atom is 0.227 e. The quantitative estimate of drug-likeness (QED) is 0.695. The zero-order chi connectivity index (χ0) is 17.9. The van der Waals surface area contributed by atoms with Gasteiger partial charge in [-0.15, -0.1) is 0 Å². The Hall–Kier alpha value is -2.75. The van der Waals surface area contributed by atoms with E-state index in [9.17, 15) is 5.11 Å². The van der Waals surface area contributed by atoms with Crippen LogP contribution in [0.5, 0.6) is 0 Å². The van der Waals surface area contributed by atoms with Crippen LogP contribution in [0.2, 0.25) is 0 Å². The summed E-state index contributed by atoms with van der Waals surface area (Å²) in [7, 11) is 0. The van der Waals surface area contributed by atoms with Crippen molar-refractivity contribution >= 4 is 27.6 Å². The Morgan fingerprint density at radius 3 is 2.40 bits per heavy atom. The number of nitrogens with zero attached hydrogens (tertiary/aromatic N) is 3. The van der Waals surface area contributed by atoms with E-state index in [4.69, 9.17) is 5.26 Å². The first kappa shape index (κ1) is 17.1. The van der Waals surface area contributed by atoms with Gasteiger partial charge in [-0.05, 0) is 55.0 Å². The Kier molecular flexibility index (Phi) is 4.79. The minimum atomic E-state index is -1.25. The lowest BCUT2D eigenvalue weighted by Crippen LogP contribution is -2.24. The number of aromatic nitrogens is 2. The second-order valence-corrected chi connectivity index (χ2v) is 6.57. The summed E-state index contributed by atoms with van der Waals surface area (Å²) in [4.78, 5) is 8.62. The van der Waals surface area contributed by atoms with E-state index in [1.54, 1.807) is 43.5 Å². The van der Waals surface area contributed by atoms with Gasteiger partial charge in [-0.1, -0.05) is 28.1 Å². The molecule has 124 valence electrons. The third kappa shape index (κ3) is 3.85. The Morgan fingerprint density at radius 2 is 1.76 bits per heavy atom. The number of hydrogen-bond donors (Lipinski definition) is 2. The lowest BCUT2D eigenvalue weighted by atomic mass is 9.92. The molecule has 1 heterocycles. The molecule has 5 nitrogen and oxygen atoms in total. The highest BCUT2D eigenvalue weighted by atomic mass is 79.9. The third-order valence-corrected chi connectivity index (χ3v) is 4.36. The molecule has 3 rings (SSSR count). The van der Waals surface area contributed by atoms with E-state index in [-0.39, 0.29) is 0 Å². The van der Waals surface area contributed by atoms with E-state index in [0.717, 1.165) is 15.7 Å². The molecule has 0 saturated heterocycles. The van der Waals surface area contributed by atoms with Gasteiger partial charge in [0.1, 0.15) is 5.60 Å². The van der Waals surface area contributed by atoms with E-state index >= 15 is 0 Å². The first-order valence-electron chi connectivity index (χ1n) is 7.58. The molecule has 0 aliphatic heterocycles. The highest BCUT2D eigenvalue weighted by molar-refractivity contribution is 9.10. The zero-order valence-corrected chi connectivity index (χ0v) is 15.0. The van der Waals surface area contributed by atoms with Gasteiger partial charge in [0.05, 0.1) is 17.3 Å². The average molecular weight is 395 g/mol. The predicted octanol–water partition coefficient (Wildman–Crippen LogP) is 4.11. The summed E-state index contributed by atoms with van der Waals surface area (Å²) < 4.78 is 0.943. The average Bonchev–Trinajstić information content (AvgIpc) is 2.63. The molecular weight excluding hydrogens is 380 g/mol. The summed E-state index contributed by atoms with van der Waals surface area (Å²) in [5.41, 5.74) is 1.32. The van der Waals surface area contributed by atoms with Crippen molar-refractivity contribution in [3.63, 3.8) is 0 Å². The van der Waals surface area contributed by atoms with Crippen LogP contribution >= 0.6 is 15.9 Å². The van der Waals surface area contributed by atoms with Crippen LogP contribution in [0.1, 0.15) is 23.7 Å². The number of anilines is 2. The van der Waals surface area contributed by atoms with Gasteiger partial charge >= 0.3 is 0 Å². The molecule has 25 heavy (non-hydrogen) atoms. The molecule has 0 radical (unpaired) electrons. The monoisotopic (exact) mass is 394 g/mol. The molecule has 3 aromatic rings. The maximum atomic E-state index is 10.9. The smallest absolute Gasteiger partial charge is 0.227 e. The molecule has 1 aromatic heterocycles. The van der Waals surface area contributed by atoms with Crippen molar-refractivity contribution < 1.29 is 5.11 Å². The summed E-state index contributed by atoms with van der Waals surface area (Å²) in [6, 6.07) is 18.2. The molecular formula is C19H15BrN4O. The summed E-state index contributed by atoms with van der Waals surface area (Å²) in [5, 5.41) is 22.9. The van der Waals surface area contributed by atoms with Crippen LogP contribution in [0.25, 0.3) is 0 Å². The Bertz CT molecular complexity index is 915.